The predicted octanol–water partition coefficient (Wildman–Crippen LogP) is 7.60. The summed E-state index contributed by atoms with van der Waals surface area (Å²) in [4.78, 5) is 14.0. The Kier molecular flexibility index (Phi) is 5.24. The Morgan fingerprint density at radius 3 is 2.42 bits per heavy atom. The monoisotopic (exact) mass is 435 g/mol. The largest absolute Gasteiger partial charge is 0.459 e. The van der Waals surface area contributed by atoms with Gasteiger partial charge in [0.25, 0.3) is 0 Å². The van der Waals surface area contributed by atoms with Crippen molar-refractivity contribution in [2.75, 3.05) is 0 Å². The topological polar surface area (TPSA) is 51.8 Å². The number of pyridine rings is 1. The first-order valence-corrected chi connectivity index (χ1v) is 11.5. The molecule has 3 heterocycles. The Morgan fingerprint density at radius 2 is 1.64 bits per heavy atom. The summed E-state index contributed by atoms with van der Waals surface area (Å²) >= 11 is 0. The van der Waals surface area contributed by atoms with Crippen LogP contribution in [0.15, 0.2) is 71.4 Å². The molecule has 0 unspecified atom stereocenters. The van der Waals surface area contributed by atoms with Crippen LogP contribution in [0.2, 0.25) is 0 Å². The summed E-state index contributed by atoms with van der Waals surface area (Å²) in [6.07, 6.45) is 2.53. The summed E-state index contributed by atoms with van der Waals surface area (Å²) < 4.78 is 5.95. The van der Waals surface area contributed by atoms with Gasteiger partial charge in [0.05, 0.1) is 17.1 Å². The predicted molar refractivity (Wildman–Crippen MR) is 135 cm³/mol. The molecule has 0 bridgehead atoms. The molecule has 0 radical (unpaired) electrons. The van der Waals surface area contributed by atoms with Gasteiger partial charge in [-0.05, 0) is 58.0 Å². The Hall–Kier alpha value is -3.53. The Balaban J connectivity index is 1.58. The van der Waals surface area contributed by atoms with Crippen LogP contribution in [0.25, 0.3) is 44.5 Å². The van der Waals surface area contributed by atoms with E-state index in [1.54, 1.807) is 6.33 Å². The number of furan rings is 1. The molecule has 5 rings (SSSR count). The van der Waals surface area contributed by atoms with Gasteiger partial charge < -0.3 is 4.42 Å². The van der Waals surface area contributed by atoms with Crippen LogP contribution in [0.1, 0.15) is 45.9 Å². The second-order valence-electron chi connectivity index (χ2n) is 10.2. The maximum atomic E-state index is 5.95. The van der Waals surface area contributed by atoms with E-state index in [2.05, 4.69) is 81.0 Å². The van der Waals surface area contributed by atoms with E-state index in [9.17, 15) is 0 Å². The zero-order valence-corrected chi connectivity index (χ0v) is 19.9. The van der Waals surface area contributed by atoms with E-state index in [0.717, 1.165) is 45.9 Å². The zero-order chi connectivity index (χ0) is 23.2. The molecule has 0 aliphatic carbocycles. The fourth-order valence-corrected chi connectivity index (χ4v) is 4.35. The Morgan fingerprint density at radius 1 is 0.848 bits per heavy atom. The number of benzene rings is 2. The minimum Gasteiger partial charge on any atom is -0.459 e. The second-order valence-corrected chi connectivity index (χ2v) is 10.2. The van der Waals surface area contributed by atoms with Crippen LogP contribution in [0.5, 0.6) is 0 Å². The molecule has 4 heteroatoms. The van der Waals surface area contributed by atoms with Gasteiger partial charge in [0, 0.05) is 18.1 Å². The highest BCUT2D eigenvalue weighted by atomic mass is 16.3. The third-order valence-corrected chi connectivity index (χ3v) is 5.93. The first-order chi connectivity index (χ1) is 15.8. The van der Waals surface area contributed by atoms with Crippen molar-refractivity contribution in [2.45, 2.75) is 46.5 Å². The third-order valence-electron chi connectivity index (χ3n) is 5.93. The van der Waals surface area contributed by atoms with Crippen molar-refractivity contribution < 1.29 is 4.42 Å². The van der Waals surface area contributed by atoms with E-state index in [4.69, 9.17) is 9.40 Å². The number of fused-ring (bicyclic) bond motifs is 2. The first kappa shape index (κ1) is 21.3. The van der Waals surface area contributed by atoms with E-state index in [1.807, 2.05) is 24.3 Å². The van der Waals surface area contributed by atoms with Gasteiger partial charge in [0.1, 0.15) is 17.6 Å². The quantitative estimate of drug-likeness (QED) is 0.292. The van der Waals surface area contributed by atoms with Crippen LogP contribution >= 0.6 is 0 Å². The lowest BCUT2D eigenvalue weighted by molar-refractivity contribution is 0.500. The van der Waals surface area contributed by atoms with Gasteiger partial charge in [-0.2, -0.15) is 0 Å². The maximum absolute atomic E-state index is 5.95. The number of nitrogens with zero attached hydrogens (tertiary/aromatic N) is 3. The third kappa shape index (κ3) is 4.25. The van der Waals surface area contributed by atoms with E-state index >= 15 is 0 Å². The van der Waals surface area contributed by atoms with Crippen molar-refractivity contribution in [1.29, 1.82) is 0 Å². The summed E-state index contributed by atoms with van der Waals surface area (Å²) in [7, 11) is 0. The van der Waals surface area contributed by atoms with Crippen LogP contribution in [0.4, 0.5) is 0 Å². The van der Waals surface area contributed by atoms with Crippen molar-refractivity contribution in [1.82, 2.24) is 15.0 Å². The van der Waals surface area contributed by atoms with Gasteiger partial charge in [-0.1, -0.05) is 58.9 Å². The molecule has 5 aromatic rings. The number of aromatic nitrogens is 3. The average Bonchev–Trinajstić information content (AvgIpc) is 3.18. The van der Waals surface area contributed by atoms with Gasteiger partial charge in [0.2, 0.25) is 0 Å². The maximum Gasteiger partial charge on any atom is 0.152 e. The SMILES string of the molecule is CC(C)Cc1cc2nc(-c3cc(-c4cc(C(C)(C)C)c5ccccc5c4)ncn3)ccc2o1. The van der Waals surface area contributed by atoms with Crippen LogP contribution < -0.4 is 0 Å². The Labute approximate surface area is 194 Å². The Bertz CT molecular complexity index is 1460. The fourth-order valence-electron chi connectivity index (χ4n) is 4.35. The molecule has 166 valence electrons. The van der Waals surface area contributed by atoms with Gasteiger partial charge in [-0.25, -0.2) is 15.0 Å². The molecule has 0 saturated heterocycles. The molecule has 0 spiro atoms. The normalized spacial score (nSPS) is 12.2. The van der Waals surface area contributed by atoms with E-state index in [1.165, 1.54) is 16.3 Å². The number of hydrogen-bond donors (Lipinski definition) is 0. The molecule has 0 saturated carbocycles. The van der Waals surface area contributed by atoms with Crippen molar-refractivity contribution in [3.63, 3.8) is 0 Å². The highest BCUT2D eigenvalue weighted by Crippen LogP contribution is 2.35. The average molecular weight is 436 g/mol. The molecule has 0 aliphatic heterocycles. The summed E-state index contributed by atoms with van der Waals surface area (Å²) in [6.45, 7) is 11.1. The summed E-state index contributed by atoms with van der Waals surface area (Å²) in [6, 6.07) is 21.0. The lowest BCUT2D eigenvalue weighted by Gasteiger charge is -2.22. The minimum atomic E-state index is 0.0209. The summed E-state index contributed by atoms with van der Waals surface area (Å²) in [5.74, 6) is 1.51. The number of hydrogen-bond acceptors (Lipinski definition) is 4. The standard InChI is InChI=1S/C29H29N3O/c1-18(2)12-21-15-27-28(33-21)11-10-24(32-27)26-16-25(30-17-31-26)20-13-19-8-6-7-9-22(19)23(14-20)29(3,4)5/h6-11,13-18H,12H2,1-5H3. The highest BCUT2D eigenvalue weighted by Gasteiger charge is 2.19. The van der Waals surface area contributed by atoms with E-state index in [-0.39, 0.29) is 5.41 Å². The molecule has 0 fully saturated rings. The van der Waals surface area contributed by atoms with Gasteiger partial charge in [-0.3, -0.25) is 0 Å². The molecular formula is C29H29N3O. The molecular weight excluding hydrogens is 406 g/mol. The molecule has 3 aromatic heterocycles. The summed E-state index contributed by atoms with van der Waals surface area (Å²) in [5.41, 5.74) is 6.62. The molecule has 0 atom stereocenters. The van der Waals surface area contributed by atoms with Gasteiger partial charge in [0.15, 0.2) is 5.58 Å². The minimum absolute atomic E-state index is 0.0209. The molecule has 4 nitrogen and oxygen atoms in total. The van der Waals surface area contributed by atoms with Crippen LogP contribution in [0, 0.1) is 5.92 Å². The fraction of sp³-hybridized carbons (Fsp3) is 0.276. The molecule has 33 heavy (non-hydrogen) atoms. The lowest BCUT2D eigenvalue weighted by atomic mass is 9.82. The van der Waals surface area contributed by atoms with Crippen molar-refractivity contribution in [2.24, 2.45) is 5.92 Å². The zero-order valence-electron chi connectivity index (χ0n) is 19.9. The summed E-state index contributed by atoms with van der Waals surface area (Å²) in [5, 5.41) is 2.50. The van der Waals surface area contributed by atoms with Crippen LogP contribution in [-0.2, 0) is 11.8 Å². The molecule has 0 N–H and O–H groups in total. The van der Waals surface area contributed by atoms with Crippen LogP contribution in [-0.4, -0.2) is 15.0 Å². The molecule has 2 aromatic carbocycles. The van der Waals surface area contributed by atoms with Gasteiger partial charge in [-0.15, -0.1) is 0 Å². The smallest absolute Gasteiger partial charge is 0.152 e. The van der Waals surface area contributed by atoms with E-state index in [0.29, 0.717) is 5.92 Å². The van der Waals surface area contributed by atoms with Crippen molar-refractivity contribution in [3.8, 4) is 22.6 Å². The van der Waals surface area contributed by atoms with Crippen molar-refractivity contribution >= 4 is 21.9 Å². The molecule has 0 aliphatic rings. The lowest BCUT2D eigenvalue weighted by Crippen LogP contribution is -2.12. The van der Waals surface area contributed by atoms with E-state index < -0.39 is 0 Å². The highest BCUT2D eigenvalue weighted by molar-refractivity contribution is 5.91. The number of rotatable bonds is 4. The molecule has 0 amide bonds. The second kappa shape index (κ2) is 8.11. The first-order valence-electron chi connectivity index (χ1n) is 11.5. The van der Waals surface area contributed by atoms with Crippen LogP contribution in [0.3, 0.4) is 0 Å². The van der Waals surface area contributed by atoms with Gasteiger partial charge >= 0.3 is 0 Å². The van der Waals surface area contributed by atoms with Crippen molar-refractivity contribution in [3.05, 3.63) is 78.3 Å².